The molecule has 0 aliphatic carbocycles. The van der Waals surface area contributed by atoms with Gasteiger partial charge in [0.2, 0.25) is 0 Å². The van der Waals surface area contributed by atoms with Crippen LogP contribution >= 0.6 is 43.5 Å². The van der Waals surface area contributed by atoms with Crippen LogP contribution in [-0.2, 0) is 6.42 Å². The van der Waals surface area contributed by atoms with Gasteiger partial charge in [-0.3, -0.25) is 0 Å². The Hall–Kier alpha value is -0.380. The predicted molar refractivity (Wildman–Crippen MR) is 85.8 cm³/mol. The lowest BCUT2D eigenvalue weighted by Gasteiger charge is -2.16. The second-order valence-electron chi connectivity index (χ2n) is 4.31. The molecule has 0 heterocycles. The molecule has 4 heteroatoms. The molecule has 2 rings (SSSR count). The highest BCUT2D eigenvalue weighted by molar-refractivity contribution is 9.10. The molecule has 0 amide bonds. The van der Waals surface area contributed by atoms with Crippen molar-refractivity contribution in [2.24, 2.45) is 0 Å². The Kier molecular flexibility index (Phi) is 5.43. The molecule has 0 spiro atoms. The highest BCUT2D eigenvalue weighted by atomic mass is 79.9. The standard InChI is InChI=1S/C15H12Br2ClF/c16-9-11(13-3-1-2-4-14(13)17)7-10-5-6-12(18)8-15(10)19/h1-6,8,11H,7,9H2. The SMILES string of the molecule is Fc1cc(Cl)ccc1CC(CBr)c1ccccc1Br. The van der Waals surface area contributed by atoms with Gasteiger partial charge in [0.05, 0.1) is 0 Å². The molecule has 1 atom stereocenters. The van der Waals surface area contributed by atoms with Crippen molar-refractivity contribution in [3.8, 4) is 0 Å². The fraction of sp³-hybridized carbons (Fsp3) is 0.200. The second kappa shape index (κ2) is 6.87. The van der Waals surface area contributed by atoms with E-state index in [0.717, 1.165) is 9.80 Å². The zero-order valence-corrected chi connectivity index (χ0v) is 14.0. The molecule has 0 saturated heterocycles. The summed E-state index contributed by atoms with van der Waals surface area (Å²) in [7, 11) is 0. The van der Waals surface area contributed by atoms with Crippen molar-refractivity contribution < 1.29 is 4.39 Å². The first-order valence-corrected chi connectivity index (χ1v) is 8.15. The van der Waals surface area contributed by atoms with Crippen LogP contribution in [0, 0.1) is 5.82 Å². The number of benzene rings is 2. The van der Waals surface area contributed by atoms with Crippen LogP contribution in [0.4, 0.5) is 4.39 Å². The lowest BCUT2D eigenvalue weighted by Crippen LogP contribution is -2.06. The van der Waals surface area contributed by atoms with Crippen molar-refractivity contribution in [3.63, 3.8) is 0 Å². The van der Waals surface area contributed by atoms with Gasteiger partial charge in [0.25, 0.3) is 0 Å². The van der Waals surface area contributed by atoms with E-state index in [-0.39, 0.29) is 11.7 Å². The fourth-order valence-electron chi connectivity index (χ4n) is 2.01. The Bertz CT molecular complexity index is 572. The fourth-order valence-corrected chi connectivity index (χ4v) is 3.35. The van der Waals surface area contributed by atoms with Gasteiger partial charge < -0.3 is 0 Å². The summed E-state index contributed by atoms with van der Waals surface area (Å²) in [6, 6.07) is 12.9. The summed E-state index contributed by atoms with van der Waals surface area (Å²) in [5, 5.41) is 1.20. The quantitative estimate of drug-likeness (QED) is 0.550. The molecule has 0 fully saturated rings. The van der Waals surface area contributed by atoms with E-state index >= 15 is 0 Å². The van der Waals surface area contributed by atoms with Crippen LogP contribution in [0.25, 0.3) is 0 Å². The highest BCUT2D eigenvalue weighted by Crippen LogP contribution is 2.30. The molecule has 2 aromatic carbocycles. The molecule has 1 unspecified atom stereocenters. The molecule has 0 aliphatic rings. The Balaban J connectivity index is 2.27. The van der Waals surface area contributed by atoms with Gasteiger partial charge in [-0.2, -0.15) is 0 Å². The lowest BCUT2D eigenvalue weighted by atomic mass is 9.93. The van der Waals surface area contributed by atoms with E-state index in [1.807, 2.05) is 18.2 Å². The summed E-state index contributed by atoms with van der Waals surface area (Å²) in [5.74, 6) is -0.0308. The van der Waals surface area contributed by atoms with Crippen LogP contribution in [0.3, 0.4) is 0 Å². The van der Waals surface area contributed by atoms with E-state index in [4.69, 9.17) is 11.6 Å². The van der Waals surface area contributed by atoms with Crippen LogP contribution in [-0.4, -0.2) is 5.33 Å². The molecular weight excluding hydrogens is 394 g/mol. The summed E-state index contributed by atoms with van der Waals surface area (Å²) in [6.07, 6.45) is 0.636. The smallest absolute Gasteiger partial charge is 0.127 e. The van der Waals surface area contributed by atoms with Gasteiger partial charge in [-0.15, -0.1) is 0 Å². The molecule has 2 aromatic rings. The van der Waals surface area contributed by atoms with Gasteiger partial charge in [0.15, 0.2) is 0 Å². The van der Waals surface area contributed by atoms with Crippen LogP contribution in [0.1, 0.15) is 17.0 Å². The van der Waals surface area contributed by atoms with Crippen molar-refractivity contribution in [3.05, 3.63) is 68.9 Å². The minimum atomic E-state index is -0.245. The van der Waals surface area contributed by atoms with Crippen LogP contribution < -0.4 is 0 Å². The zero-order valence-electron chi connectivity index (χ0n) is 10.0. The first-order valence-electron chi connectivity index (χ1n) is 5.86. The van der Waals surface area contributed by atoms with Crippen molar-refractivity contribution in [1.29, 1.82) is 0 Å². The lowest BCUT2D eigenvalue weighted by molar-refractivity contribution is 0.599. The maximum Gasteiger partial charge on any atom is 0.127 e. The van der Waals surface area contributed by atoms with E-state index < -0.39 is 0 Å². The molecular formula is C15H12Br2ClF. The van der Waals surface area contributed by atoms with Gasteiger partial charge in [-0.05, 0) is 41.7 Å². The molecule has 0 bridgehead atoms. The number of halogens is 4. The van der Waals surface area contributed by atoms with E-state index in [2.05, 4.69) is 37.9 Å². The minimum Gasteiger partial charge on any atom is -0.207 e. The number of hydrogen-bond donors (Lipinski definition) is 0. The number of hydrogen-bond acceptors (Lipinski definition) is 0. The zero-order chi connectivity index (χ0) is 13.8. The third kappa shape index (κ3) is 3.80. The Morgan fingerprint density at radius 2 is 1.89 bits per heavy atom. The summed E-state index contributed by atoms with van der Waals surface area (Å²) in [4.78, 5) is 0. The Morgan fingerprint density at radius 3 is 2.53 bits per heavy atom. The molecule has 0 radical (unpaired) electrons. The summed E-state index contributed by atoms with van der Waals surface area (Å²) in [6.45, 7) is 0. The van der Waals surface area contributed by atoms with Crippen molar-refractivity contribution in [2.45, 2.75) is 12.3 Å². The average molecular weight is 407 g/mol. The summed E-state index contributed by atoms with van der Waals surface area (Å²) >= 11 is 12.8. The summed E-state index contributed by atoms with van der Waals surface area (Å²) in [5.41, 5.74) is 1.86. The minimum absolute atomic E-state index is 0.214. The van der Waals surface area contributed by atoms with E-state index in [0.29, 0.717) is 17.0 Å². The van der Waals surface area contributed by atoms with Gasteiger partial charge in [-0.1, -0.05) is 67.7 Å². The second-order valence-corrected chi connectivity index (χ2v) is 6.25. The molecule has 0 saturated carbocycles. The van der Waals surface area contributed by atoms with Gasteiger partial charge in [0.1, 0.15) is 5.82 Å². The molecule has 0 aliphatic heterocycles. The largest absolute Gasteiger partial charge is 0.207 e. The molecule has 19 heavy (non-hydrogen) atoms. The maximum absolute atomic E-state index is 13.9. The third-order valence-corrected chi connectivity index (χ3v) is 4.75. The van der Waals surface area contributed by atoms with E-state index in [9.17, 15) is 4.39 Å². The topological polar surface area (TPSA) is 0 Å². The van der Waals surface area contributed by atoms with Crippen molar-refractivity contribution >= 4 is 43.5 Å². The highest BCUT2D eigenvalue weighted by Gasteiger charge is 2.16. The molecule has 0 N–H and O–H groups in total. The number of alkyl halides is 1. The molecule has 0 nitrogen and oxygen atoms in total. The average Bonchev–Trinajstić information content (AvgIpc) is 2.39. The first-order chi connectivity index (χ1) is 9.11. The predicted octanol–water partition coefficient (Wildman–Crippen LogP) is 5.96. The van der Waals surface area contributed by atoms with Crippen LogP contribution in [0.15, 0.2) is 46.9 Å². The van der Waals surface area contributed by atoms with Gasteiger partial charge in [0, 0.05) is 14.8 Å². The van der Waals surface area contributed by atoms with Crippen LogP contribution in [0.5, 0.6) is 0 Å². The van der Waals surface area contributed by atoms with E-state index in [1.54, 1.807) is 12.1 Å². The molecule has 100 valence electrons. The van der Waals surface area contributed by atoms with Crippen molar-refractivity contribution in [1.82, 2.24) is 0 Å². The van der Waals surface area contributed by atoms with Crippen LogP contribution in [0.2, 0.25) is 5.02 Å². The normalized spacial score (nSPS) is 12.4. The molecule has 0 aromatic heterocycles. The maximum atomic E-state index is 13.9. The van der Waals surface area contributed by atoms with Gasteiger partial charge in [-0.25, -0.2) is 4.39 Å². The monoisotopic (exact) mass is 404 g/mol. The third-order valence-electron chi connectivity index (χ3n) is 3.01. The first kappa shape index (κ1) is 15.0. The van der Waals surface area contributed by atoms with Crippen molar-refractivity contribution in [2.75, 3.05) is 5.33 Å². The van der Waals surface area contributed by atoms with Gasteiger partial charge >= 0.3 is 0 Å². The Morgan fingerprint density at radius 1 is 1.16 bits per heavy atom. The summed E-state index contributed by atoms with van der Waals surface area (Å²) < 4.78 is 14.9. The Labute approximate surface area is 134 Å². The number of rotatable bonds is 4. The van der Waals surface area contributed by atoms with E-state index in [1.165, 1.54) is 11.6 Å².